The van der Waals surface area contributed by atoms with E-state index in [1.807, 2.05) is 0 Å². The number of thiazole rings is 1. The highest BCUT2D eigenvalue weighted by molar-refractivity contribution is 9.10. The zero-order chi connectivity index (χ0) is 14.4. The quantitative estimate of drug-likeness (QED) is 0.631. The first-order valence-electron chi connectivity index (χ1n) is 5.77. The number of hydrogen-bond donors (Lipinski definition) is 1. The molecule has 6 heteroatoms. The van der Waals surface area contributed by atoms with Gasteiger partial charge in [0.2, 0.25) is 0 Å². The second kappa shape index (κ2) is 4.79. The van der Waals surface area contributed by atoms with Crippen LogP contribution >= 0.6 is 27.3 Å². The predicted octanol–water partition coefficient (Wildman–Crippen LogP) is 4.89. The second-order valence-electron chi connectivity index (χ2n) is 4.42. The summed E-state index contributed by atoms with van der Waals surface area (Å²) in [7, 11) is 0. The maximum Gasteiger partial charge on any atom is 0.151 e. The Labute approximate surface area is 126 Å². The third kappa shape index (κ3) is 2.19. The lowest BCUT2D eigenvalue weighted by molar-refractivity contribution is 0.628. The smallest absolute Gasteiger partial charge is 0.151 e. The number of benzene rings is 2. The molecule has 0 unspecified atom stereocenters. The van der Waals surface area contributed by atoms with Gasteiger partial charge < -0.3 is 5.73 Å². The summed E-state index contributed by atoms with van der Waals surface area (Å²) in [6, 6.07) is 5.79. The van der Waals surface area contributed by atoms with Gasteiger partial charge in [0.25, 0.3) is 0 Å². The van der Waals surface area contributed by atoms with Crippen LogP contribution in [0, 0.1) is 18.6 Å². The van der Waals surface area contributed by atoms with Crippen LogP contribution in [0.15, 0.2) is 28.7 Å². The van der Waals surface area contributed by atoms with Gasteiger partial charge in [0.05, 0.1) is 4.70 Å². The van der Waals surface area contributed by atoms with Crippen LogP contribution in [0.5, 0.6) is 0 Å². The SMILES string of the molecule is Cc1c(N)cc(F)cc1-c1nc2c(F)cc(Br)cc2s1. The van der Waals surface area contributed by atoms with Crippen LogP contribution in [0.4, 0.5) is 14.5 Å². The van der Waals surface area contributed by atoms with Gasteiger partial charge in [-0.25, -0.2) is 13.8 Å². The van der Waals surface area contributed by atoms with E-state index < -0.39 is 11.6 Å². The molecular formula is C14H9BrF2N2S. The number of rotatable bonds is 1. The molecule has 0 radical (unpaired) electrons. The molecule has 2 aromatic carbocycles. The van der Waals surface area contributed by atoms with Crippen LogP contribution in [0.25, 0.3) is 20.8 Å². The number of nitrogens with two attached hydrogens (primary N) is 1. The zero-order valence-corrected chi connectivity index (χ0v) is 12.8. The lowest BCUT2D eigenvalue weighted by Crippen LogP contribution is -1.94. The van der Waals surface area contributed by atoms with Crippen molar-refractivity contribution >= 4 is 43.2 Å². The van der Waals surface area contributed by atoms with Crippen LogP contribution in [-0.4, -0.2) is 4.98 Å². The Bertz CT molecular complexity index is 830. The molecule has 0 saturated heterocycles. The maximum absolute atomic E-state index is 13.9. The summed E-state index contributed by atoms with van der Waals surface area (Å²) < 4.78 is 28.7. The van der Waals surface area contributed by atoms with Crippen LogP contribution in [-0.2, 0) is 0 Å². The van der Waals surface area contributed by atoms with E-state index in [1.165, 1.54) is 29.5 Å². The van der Waals surface area contributed by atoms with Gasteiger partial charge in [0.1, 0.15) is 16.3 Å². The molecule has 0 aliphatic heterocycles. The number of halogens is 3. The number of anilines is 1. The van der Waals surface area contributed by atoms with Crippen LogP contribution in [0.3, 0.4) is 0 Å². The normalized spacial score (nSPS) is 11.2. The predicted molar refractivity (Wildman–Crippen MR) is 81.8 cm³/mol. The zero-order valence-electron chi connectivity index (χ0n) is 10.4. The van der Waals surface area contributed by atoms with E-state index in [-0.39, 0.29) is 5.52 Å². The van der Waals surface area contributed by atoms with E-state index in [1.54, 1.807) is 13.0 Å². The van der Waals surface area contributed by atoms with Crippen molar-refractivity contribution in [2.45, 2.75) is 6.92 Å². The average molecular weight is 355 g/mol. The van der Waals surface area contributed by atoms with Gasteiger partial charge >= 0.3 is 0 Å². The molecule has 2 nitrogen and oxygen atoms in total. The fourth-order valence-corrected chi connectivity index (χ4v) is 3.67. The molecule has 0 aliphatic rings. The Morgan fingerprint density at radius 2 is 1.95 bits per heavy atom. The number of nitrogen functional groups attached to an aromatic ring is 1. The van der Waals surface area contributed by atoms with Gasteiger partial charge in [-0.05, 0) is 36.8 Å². The third-order valence-electron chi connectivity index (χ3n) is 3.06. The van der Waals surface area contributed by atoms with Gasteiger partial charge in [-0.15, -0.1) is 11.3 Å². The first-order chi connectivity index (χ1) is 9.45. The molecule has 1 aromatic heterocycles. The molecule has 0 amide bonds. The molecule has 20 heavy (non-hydrogen) atoms. The molecule has 3 rings (SSSR count). The van der Waals surface area contributed by atoms with Crippen molar-refractivity contribution in [2.75, 3.05) is 5.73 Å². The maximum atomic E-state index is 13.9. The summed E-state index contributed by atoms with van der Waals surface area (Å²) >= 11 is 4.55. The molecule has 0 saturated carbocycles. The highest BCUT2D eigenvalue weighted by atomic mass is 79.9. The molecule has 3 aromatic rings. The van der Waals surface area contributed by atoms with Crippen molar-refractivity contribution in [2.24, 2.45) is 0 Å². The van der Waals surface area contributed by atoms with Crippen molar-refractivity contribution in [3.8, 4) is 10.6 Å². The number of hydrogen-bond acceptors (Lipinski definition) is 3. The van der Waals surface area contributed by atoms with E-state index in [0.29, 0.717) is 25.4 Å². The van der Waals surface area contributed by atoms with Crippen LogP contribution in [0.1, 0.15) is 5.56 Å². The summed E-state index contributed by atoms with van der Waals surface area (Å²) in [6.45, 7) is 1.79. The lowest BCUT2D eigenvalue weighted by atomic mass is 10.1. The highest BCUT2D eigenvalue weighted by Crippen LogP contribution is 2.36. The van der Waals surface area contributed by atoms with E-state index >= 15 is 0 Å². The summed E-state index contributed by atoms with van der Waals surface area (Å²) in [5, 5.41) is 0.556. The topological polar surface area (TPSA) is 38.9 Å². The first kappa shape index (κ1) is 13.5. The minimum Gasteiger partial charge on any atom is -0.398 e. The fourth-order valence-electron chi connectivity index (χ4n) is 1.99. The monoisotopic (exact) mass is 354 g/mol. The Hall–Kier alpha value is -1.53. The highest BCUT2D eigenvalue weighted by Gasteiger charge is 2.14. The van der Waals surface area contributed by atoms with Crippen LogP contribution < -0.4 is 5.73 Å². The Morgan fingerprint density at radius 3 is 2.70 bits per heavy atom. The number of nitrogens with zero attached hydrogens (tertiary/aromatic N) is 1. The lowest BCUT2D eigenvalue weighted by Gasteiger charge is -2.05. The minimum absolute atomic E-state index is 0.287. The van der Waals surface area contributed by atoms with Gasteiger partial charge in [-0.1, -0.05) is 15.9 Å². The molecule has 2 N–H and O–H groups in total. The number of aromatic nitrogens is 1. The molecule has 0 bridgehead atoms. The molecule has 1 heterocycles. The summed E-state index contributed by atoms with van der Waals surface area (Å²) in [6.07, 6.45) is 0. The first-order valence-corrected chi connectivity index (χ1v) is 7.38. The molecule has 0 atom stereocenters. The van der Waals surface area contributed by atoms with Crippen molar-refractivity contribution in [1.82, 2.24) is 4.98 Å². The summed E-state index contributed by atoms with van der Waals surface area (Å²) in [5.41, 5.74) is 7.75. The standard InChI is InChI=1S/C14H9BrF2N2S/c1-6-9(4-8(16)5-11(6)18)14-19-13-10(17)2-7(15)3-12(13)20-14/h2-5H,18H2,1H3. The van der Waals surface area contributed by atoms with Crippen molar-refractivity contribution in [3.63, 3.8) is 0 Å². The fraction of sp³-hybridized carbons (Fsp3) is 0.0714. The average Bonchev–Trinajstić information content (AvgIpc) is 2.77. The van der Waals surface area contributed by atoms with Gasteiger partial charge in [-0.2, -0.15) is 0 Å². The van der Waals surface area contributed by atoms with Gasteiger partial charge in [0, 0.05) is 15.7 Å². The Balaban J connectivity index is 2.28. The summed E-state index contributed by atoms with van der Waals surface area (Å²) in [4.78, 5) is 4.27. The Morgan fingerprint density at radius 1 is 1.20 bits per heavy atom. The van der Waals surface area contributed by atoms with Crippen molar-refractivity contribution in [3.05, 3.63) is 45.9 Å². The largest absolute Gasteiger partial charge is 0.398 e. The van der Waals surface area contributed by atoms with Crippen LogP contribution in [0.2, 0.25) is 0 Å². The van der Waals surface area contributed by atoms with Crippen molar-refractivity contribution < 1.29 is 8.78 Å². The van der Waals surface area contributed by atoms with E-state index in [2.05, 4.69) is 20.9 Å². The van der Waals surface area contributed by atoms with Gasteiger partial charge in [0.15, 0.2) is 5.82 Å². The third-order valence-corrected chi connectivity index (χ3v) is 4.55. The molecule has 0 spiro atoms. The van der Waals surface area contributed by atoms with E-state index in [4.69, 9.17) is 5.73 Å². The summed E-state index contributed by atoms with van der Waals surface area (Å²) in [5.74, 6) is -0.831. The van der Waals surface area contributed by atoms with E-state index in [9.17, 15) is 8.78 Å². The second-order valence-corrected chi connectivity index (χ2v) is 6.37. The van der Waals surface area contributed by atoms with Gasteiger partial charge in [-0.3, -0.25) is 0 Å². The van der Waals surface area contributed by atoms with Crippen molar-refractivity contribution in [1.29, 1.82) is 0 Å². The molecule has 102 valence electrons. The number of fused-ring (bicyclic) bond motifs is 1. The molecule has 0 fully saturated rings. The molecule has 0 aliphatic carbocycles. The Kier molecular flexibility index (Phi) is 3.22. The van der Waals surface area contributed by atoms with E-state index in [0.717, 1.165) is 5.56 Å². The molecular weight excluding hydrogens is 346 g/mol. The minimum atomic E-state index is -0.427.